The zero-order chi connectivity index (χ0) is 14.8. The molecule has 0 aliphatic carbocycles. The van der Waals surface area contributed by atoms with Crippen LogP contribution in [0.15, 0.2) is 40.9 Å². The first-order valence-electron chi connectivity index (χ1n) is 6.98. The number of carbonyl (C=O) groups excluding carboxylic acids is 1. The molecule has 0 amide bonds. The highest BCUT2D eigenvalue weighted by molar-refractivity contribution is 5.76. The second-order valence-electron chi connectivity index (χ2n) is 5.34. The quantitative estimate of drug-likeness (QED) is 0.810. The highest BCUT2D eigenvalue weighted by atomic mass is 16.5. The molecular weight excluding hydrogens is 268 g/mol. The molecular formula is C16H18N2O3. The third kappa shape index (κ3) is 2.69. The van der Waals surface area contributed by atoms with Crippen molar-refractivity contribution < 1.29 is 13.9 Å². The van der Waals surface area contributed by atoms with Crippen molar-refractivity contribution in [2.75, 3.05) is 20.7 Å². The Morgan fingerprint density at radius 3 is 2.86 bits per heavy atom. The third-order valence-corrected chi connectivity index (χ3v) is 3.95. The van der Waals surface area contributed by atoms with Crippen LogP contribution in [0.1, 0.15) is 18.2 Å². The van der Waals surface area contributed by atoms with Gasteiger partial charge >= 0.3 is 5.97 Å². The molecule has 110 valence electrons. The van der Waals surface area contributed by atoms with Gasteiger partial charge in [-0.25, -0.2) is 4.98 Å². The summed E-state index contributed by atoms with van der Waals surface area (Å²) in [4.78, 5) is 18.1. The number of nitrogens with zero attached hydrogens (tertiary/aromatic N) is 2. The molecule has 0 unspecified atom stereocenters. The number of aromatic nitrogens is 1. The van der Waals surface area contributed by atoms with Crippen molar-refractivity contribution in [3.63, 3.8) is 0 Å². The van der Waals surface area contributed by atoms with Crippen LogP contribution in [0.25, 0.3) is 11.3 Å². The first kappa shape index (κ1) is 13.8. The summed E-state index contributed by atoms with van der Waals surface area (Å²) in [6.45, 7) is 0.745. The molecule has 1 aliphatic rings. The molecule has 1 aliphatic heterocycles. The van der Waals surface area contributed by atoms with E-state index in [0.717, 1.165) is 17.9 Å². The highest BCUT2D eigenvalue weighted by Gasteiger charge is 2.38. The largest absolute Gasteiger partial charge is 0.468 e. The van der Waals surface area contributed by atoms with Crippen molar-refractivity contribution in [1.82, 2.24) is 9.88 Å². The minimum absolute atomic E-state index is 0.122. The predicted molar refractivity (Wildman–Crippen MR) is 77.7 cm³/mol. The predicted octanol–water partition coefficient (Wildman–Crippen LogP) is 2.30. The van der Waals surface area contributed by atoms with Crippen LogP contribution in [0.3, 0.4) is 0 Å². The maximum atomic E-state index is 11.7. The van der Waals surface area contributed by atoms with Gasteiger partial charge in [-0.1, -0.05) is 30.3 Å². The molecule has 1 aromatic carbocycles. The molecule has 2 aromatic rings. The van der Waals surface area contributed by atoms with Crippen LogP contribution in [0, 0.1) is 0 Å². The van der Waals surface area contributed by atoms with Gasteiger partial charge in [-0.15, -0.1) is 0 Å². The fourth-order valence-electron chi connectivity index (χ4n) is 2.80. The van der Waals surface area contributed by atoms with Crippen molar-refractivity contribution in [2.45, 2.75) is 18.4 Å². The van der Waals surface area contributed by atoms with E-state index in [9.17, 15) is 4.79 Å². The zero-order valence-corrected chi connectivity index (χ0v) is 12.2. The number of methoxy groups -OCH3 is 1. The van der Waals surface area contributed by atoms with Crippen LogP contribution < -0.4 is 0 Å². The van der Waals surface area contributed by atoms with Crippen molar-refractivity contribution in [1.29, 1.82) is 0 Å². The number of esters is 1. The van der Waals surface area contributed by atoms with E-state index < -0.39 is 0 Å². The topological polar surface area (TPSA) is 55.6 Å². The van der Waals surface area contributed by atoms with Gasteiger partial charge in [-0.05, 0) is 13.5 Å². The fourth-order valence-corrected chi connectivity index (χ4v) is 2.80. The van der Waals surface area contributed by atoms with E-state index in [1.54, 1.807) is 6.20 Å². The Balaban J connectivity index is 1.77. The van der Waals surface area contributed by atoms with Gasteiger partial charge in [0.1, 0.15) is 6.04 Å². The van der Waals surface area contributed by atoms with Gasteiger partial charge in [-0.3, -0.25) is 9.69 Å². The minimum Gasteiger partial charge on any atom is -0.468 e. The molecule has 3 rings (SSSR count). The monoisotopic (exact) mass is 286 g/mol. The van der Waals surface area contributed by atoms with Gasteiger partial charge in [-0.2, -0.15) is 0 Å². The van der Waals surface area contributed by atoms with Crippen molar-refractivity contribution in [3.05, 3.63) is 42.4 Å². The molecule has 21 heavy (non-hydrogen) atoms. The Labute approximate surface area is 123 Å². The lowest BCUT2D eigenvalue weighted by atomic mass is 10.1. The molecule has 5 heteroatoms. The van der Waals surface area contributed by atoms with Crippen LogP contribution in [-0.4, -0.2) is 42.6 Å². The fraction of sp³-hybridized carbons (Fsp3) is 0.375. The molecule has 1 saturated heterocycles. The smallest absolute Gasteiger partial charge is 0.323 e. The summed E-state index contributed by atoms with van der Waals surface area (Å²) < 4.78 is 10.7. The maximum absolute atomic E-state index is 11.7. The minimum atomic E-state index is -0.216. The van der Waals surface area contributed by atoms with E-state index in [4.69, 9.17) is 9.15 Å². The highest BCUT2D eigenvalue weighted by Crippen LogP contribution is 2.32. The number of hydrogen-bond donors (Lipinski definition) is 0. The Kier molecular flexibility index (Phi) is 3.75. The Bertz CT molecular complexity index is 623. The number of rotatable bonds is 3. The molecule has 1 aromatic heterocycles. The zero-order valence-electron chi connectivity index (χ0n) is 12.2. The van der Waals surface area contributed by atoms with E-state index in [-0.39, 0.29) is 17.9 Å². The summed E-state index contributed by atoms with van der Waals surface area (Å²) in [6.07, 6.45) is 2.42. The van der Waals surface area contributed by atoms with Gasteiger partial charge < -0.3 is 9.15 Å². The lowest BCUT2D eigenvalue weighted by Crippen LogP contribution is -2.33. The Hall–Kier alpha value is -2.14. The van der Waals surface area contributed by atoms with Gasteiger partial charge in [0.25, 0.3) is 0 Å². The van der Waals surface area contributed by atoms with Crippen LogP contribution >= 0.6 is 0 Å². The van der Waals surface area contributed by atoms with Crippen LogP contribution in [0.4, 0.5) is 0 Å². The van der Waals surface area contributed by atoms with Gasteiger partial charge in [0.15, 0.2) is 11.7 Å². The third-order valence-electron chi connectivity index (χ3n) is 3.95. The summed E-state index contributed by atoms with van der Waals surface area (Å²) in [5.74, 6) is 1.37. The number of benzene rings is 1. The maximum Gasteiger partial charge on any atom is 0.323 e. The van der Waals surface area contributed by atoms with Gasteiger partial charge in [0, 0.05) is 12.1 Å². The lowest BCUT2D eigenvalue weighted by Gasteiger charge is -2.15. The van der Waals surface area contributed by atoms with Crippen molar-refractivity contribution >= 4 is 5.97 Å². The number of likely N-dealkylation sites (tertiary alicyclic amines) is 1. The van der Waals surface area contributed by atoms with E-state index in [1.807, 2.05) is 42.3 Å². The average Bonchev–Trinajstić information content (AvgIpc) is 3.14. The normalized spacial score (nSPS) is 22.4. The summed E-state index contributed by atoms with van der Waals surface area (Å²) in [5.41, 5.74) is 1.01. The first-order valence-corrected chi connectivity index (χ1v) is 6.98. The van der Waals surface area contributed by atoms with Crippen molar-refractivity contribution in [3.8, 4) is 11.3 Å². The van der Waals surface area contributed by atoms with Gasteiger partial charge in [0.05, 0.1) is 19.2 Å². The number of oxazole rings is 1. The number of ether oxygens (including phenoxy) is 1. The molecule has 2 atom stereocenters. The summed E-state index contributed by atoms with van der Waals surface area (Å²) in [6, 6.07) is 9.66. The Morgan fingerprint density at radius 2 is 2.14 bits per heavy atom. The molecule has 0 radical (unpaired) electrons. The average molecular weight is 286 g/mol. The number of likely N-dealkylation sites (N-methyl/N-ethyl adjacent to an activating group) is 1. The van der Waals surface area contributed by atoms with Gasteiger partial charge in [0.2, 0.25) is 0 Å². The van der Waals surface area contributed by atoms with Crippen LogP contribution in [0.5, 0.6) is 0 Å². The van der Waals surface area contributed by atoms with Crippen molar-refractivity contribution in [2.24, 2.45) is 0 Å². The molecule has 0 N–H and O–H groups in total. The van der Waals surface area contributed by atoms with E-state index >= 15 is 0 Å². The number of hydrogen-bond acceptors (Lipinski definition) is 5. The summed E-state index contributed by atoms with van der Waals surface area (Å²) in [5, 5.41) is 0. The molecule has 1 fully saturated rings. The second-order valence-corrected chi connectivity index (χ2v) is 5.34. The van der Waals surface area contributed by atoms with Crippen LogP contribution in [0.2, 0.25) is 0 Å². The molecule has 0 spiro atoms. The van der Waals surface area contributed by atoms with Crippen LogP contribution in [-0.2, 0) is 9.53 Å². The lowest BCUT2D eigenvalue weighted by molar-refractivity contribution is -0.145. The molecule has 2 heterocycles. The van der Waals surface area contributed by atoms with E-state index in [1.165, 1.54) is 7.11 Å². The number of carbonyl (C=O) groups is 1. The standard InChI is InChI=1S/C16H18N2O3/c1-18-10-12(8-13(18)16(19)20-2)15-17-9-14(21-15)11-6-4-3-5-7-11/h3-7,9,12-13H,8,10H2,1-2H3/t12-,13-/m0/s1. The molecule has 5 nitrogen and oxygen atoms in total. The van der Waals surface area contributed by atoms with E-state index in [2.05, 4.69) is 4.98 Å². The summed E-state index contributed by atoms with van der Waals surface area (Å²) in [7, 11) is 3.34. The Morgan fingerprint density at radius 1 is 1.38 bits per heavy atom. The SMILES string of the molecule is COC(=O)[C@@H]1C[C@H](c2ncc(-c3ccccc3)o2)CN1C. The van der Waals surface area contributed by atoms with E-state index in [0.29, 0.717) is 12.3 Å². The second kappa shape index (κ2) is 5.69. The molecule has 0 bridgehead atoms. The first-order chi connectivity index (χ1) is 10.2. The summed E-state index contributed by atoms with van der Waals surface area (Å²) >= 11 is 0. The molecule has 0 saturated carbocycles.